The maximum Gasteiger partial charge on any atom is 0.472 e. The molecule has 1 aliphatic rings. The van der Waals surface area contributed by atoms with E-state index in [9.17, 15) is 52.9 Å². The number of unbranched alkanes of at least 4 members (excludes halogenated alkanes) is 2. The molecule has 0 saturated carbocycles. The first-order valence-electron chi connectivity index (χ1n) is 15.8. The fourth-order valence-electron chi connectivity index (χ4n) is 4.16. The van der Waals surface area contributed by atoms with Gasteiger partial charge in [0.1, 0.15) is 5.25 Å². The van der Waals surface area contributed by atoms with Gasteiger partial charge in [-0.1, -0.05) is 25.5 Å². The van der Waals surface area contributed by atoms with E-state index < -0.39 is 78.6 Å². The normalized spacial score (nSPS) is 18.8. The number of nitrogens with zero attached hydrogens (tertiary/aromatic N) is 2. The minimum Gasteiger partial charge on any atom is -0.419 e. The molecule has 52 heavy (non-hydrogen) atoms. The number of carbonyl (C=O) groups excluding carboxylic acids is 3. The Labute approximate surface area is 303 Å². The van der Waals surface area contributed by atoms with Crippen molar-refractivity contribution in [3.8, 4) is 5.75 Å². The summed E-state index contributed by atoms with van der Waals surface area (Å²) in [6.45, 7) is -1.69. The Hall–Kier alpha value is -2.13. The van der Waals surface area contributed by atoms with Crippen LogP contribution in [0, 0.1) is 16.0 Å². The first-order valence-corrected chi connectivity index (χ1v) is 21.4. The highest BCUT2D eigenvalue weighted by Gasteiger charge is 2.39. The number of ether oxygens (including phenoxy) is 1. The summed E-state index contributed by atoms with van der Waals surface area (Å²) in [5.41, 5.74) is -0.328. The number of thioether (sulfide) groups is 1. The molecule has 4 N–H and O–H groups in total. The minimum atomic E-state index is -4.71. The summed E-state index contributed by atoms with van der Waals surface area (Å²) in [6.07, 6.45) is 1.87. The van der Waals surface area contributed by atoms with Crippen molar-refractivity contribution >= 4 is 58.6 Å². The van der Waals surface area contributed by atoms with Crippen LogP contribution in [0.1, 0.15) is 39.0 Å². The molecule has 21 nitrogen and oxygen atoms in total. The van der Waals surface area contributed by atoms with Crippen molar-refractivity contribution in [1.29, 1.82) is 0 Å². The molecule has 0 radical (unpaired) electrons. The number of rotatable bonds is 28. The lowest BCUT2D eigenvalue weighted by molar-refractivity contribution is -0.385. The zero-order chi connectivity index (χ0) is 38.8. The fraction of sp³-hybridized carbons (Fsp3) is 0.667. The zero-order valence-electron chi connectivity index (χ0n) is 28.1. The molecule has 0 spiro atoms. The van der Waals surface area contributed by atoms with E-state index in [1.54, 1.807) is 6.92 Å². The lowest BCUT2D eigenvalue weighted by atomic mass is 10.1. The van der Waals surface area contributed by atoms with Gasteiger partial charge >= 0.3 is 35.1 Å². The SMILES string of the molecule is CCC(CO)COP(=O)(O)OCCOP(=O)(O)OCCOP(=O)(O)OCCSC1C(=O)CN(CCCCCC(=O)Oc2ccccc2[N+](=O)[O-])C1=O. The van der Waals surface area contributed by atoms with Crippen LogP contribution in [-0.2, 0) is 55.2 Å². The second-order valence-corrected chi connectivity index (χ2v) is 16.4. The first kappa shape index (κ1) is 46.0. The molecular formula is C27H43N2O19P3S. The van der Waals surface area contributed by atoms with Crippen molar-refractivity contribution in [1.82, 2.24) is 4.90 Å². The lowest BCUT2D eigenvalue weighted by Crippen LogP contribution is -2.29. The average Bonchev–Trinajstić information content (AvgIpc) is 3.35. The van der Waals surface area contributed by atoms with E-state index in [0.717, 1.165) is 11.8 Å². The standard InChI is InChI=1S/C27H43N2O19P3S/c1-2-21(19-30)20-47-51(40,41)45-15-14-43-49(36,37)42-12-13-44-50(38,39)46-16-17-52-26-23(31)18-28(27(26)33)11-7-3-4-10-25(32)48-24-9-6-5-8-22(24)29(34)35/h5-6,8-9,21,26,30H,2-4,7,10-20H2,1H3,(H,36,37)(H,38,39)(H,40,41). The second kappa shape index (κ2) is 22.9. The molecule has 25 heteroatoms. The highest BCUT2D eigenvalue weighted by molar-refractivity contribution is 8.01. The number of ketones is 1. The molecule has 5 unspecified atom stereocenters. The van der Waals surface area contributed by atoms with Crippen LogP contribution in [0.2, 0.25) is 0 Å². The van der Waals surface area contributed by atoms with Gasteiger partial charge in [-0.3, -0.25) is 51.6 Å². The molecule has 1 aromatic carbocycles. The molecule has 1 aromatic rings. The van der Waals surface area contributed by atoms with Crippen molar-refractivity contribution in [2.45, 2.75) is 44.3 Å². The van der Waals surface area contributed by atoms with Gasteiger partial charge < -0.3 is 29.4 Å². The minimum absolute atomic E-state index is 0.00249. The summed E-state index contributed by atoms with van der Waals surface area (Å²) >= 11 is 0.909. The Morgan fingerprint density at radius 2 is 1.48 bits per heavy atom. The number of phosphoric acid groups is 3. The number of nitro benzene ring substituents is 1. The molecule has 296 valence electrons. The van der Waals surface area contributed by atoms with Gasteiger partial charge in [0.15, 0.2) is 5.78 Å². The van der Waals surface area contributed by atoms with Gasteiger partial charge in [0.25, 0.3) is 0 Å². The summed E-state index contributed by atoms with van der Waals surface area (Å²) in [5, 5.41) is 19.1. The number of phosphoric ester groups is 3. The molecule has 1 heterocycles. The van der Waals surface area contributed by atoms with E-state index >= 15 is 0 Å². The number of aliphatic hydroxyl groups excluding tert-OH is 1. The van der Waals surface area contributed by atoms with Gasteiger partial charge in [0.05, 0.1) is 51.1 Å². The van der Waals surface area contributed by atoms with E-state index in [0.29, 0.717) is 25.7 Å². The van der Waals surface area contributed by atoms with Gasteiger partial charge in [-0.15, -0.1) is 11.8 Å². The largest absolute Gasteiger partial charge is 0.472 e. The quantitative estimate of drug-likeness (QED) is 0.0180. The predicted molar refractivity (Wildman–Crippen MR) is 181 cm³/mol. The molecule has 0 aromatic heterocycles. The topological polar surface area (TPSA) is 294 Å². The summed E-state index contributed by atoms with van der Waals surface area (Å²) < 4.78 is 68.8. The van der Waals surface area contributed by atoms with Gasteiger partial charge in [-0.2, -0.15) is 0 Å². The number of para-hydroxylation sites is 2. The molecule has 0 bridgehead atoms. The van der Waals surface area contributed by atoms with Crippen LogP contribution < -0.4 is 4.74 Å². The fourth-order valence-corrected chi connectivity index (χ4v) is 7.42. The number of carbonyl (C=O) groups is 3. The van der Waals surface area contributed by atoms with Crippen LogP contribution in [0.3, 0.4) is 0 Å². The molecule has 1 aliphatic heterocycles. The number of esters is 1. The number of Topliss-reactive ketones (excluding diaryl/α,β-unsaturated/α-hetero) is 1. The van der Waals surface area contributed by atoms with E-state index in [-0.39, 0.29) is 61.6 Å². The third-order valence-electron chi connectivity index (χ3n) is 6.89. The Balaban J connectivity index is 1.57. The number of likely N-dealkylation sites (tertiary alicyclic amines) is 1. The maximum absolute atomic E-state index is 12.7. The number of nitro groups is 1. The summed E-state index contributed by atoms with van der Waals surface area (Å²) in [7, 11) is -13.9. The van der Waals surface area contributed by atoms with Crippen LogP contribution in [0.4, 0.5) is 5.69 Å². The second-order valence-electron chi connectivity index (χ2n) is 10.8. The molecule has 1 amide bonds. The molecule has 2 rings (SSSR count). The zero-order valence-corrected chi connectivity index (χ0v) is 31.6. The third-order valence-corrected chi connectivity index (χ3v) is 11.1. The Morgan fingerprint density at radius 3 is 2.04 bits per heavy atom. The van der Waals surface area contributed by atoms with Gasteiger partial charge in [-0.25, -0.2) is 13.7 Å². The Kier molecular flexibility index (Phi) is 20.3. The number of benzene rings is 1. The summed E-state index contributed by atoms with van der Waals surface area (Å²) in [5.74, 6) is -1.99. The highest BCUT2D eigenvalue weighted by Crippen LogP contribution is 2.47. The van der Waals surface area contributed by atoms with E-state index in [4.69, 9.17) is 18.9 Å². The smallest absolute Gasteiger partial charge is 0.419 e. The Bertz CT molecular complexity index is 1480. The van der Waals surface area contributed by atoms with Crippen LogP contribution in [0.15, 0.2) is 24.3 Å². The Morgan fingerprint density at radius 1 is 0.923 bits per heavy atom. The first-order chi connectivity index (χ1) is 24.5. The monoisotopic (exact) mass is 824 g/mol. The van der Waals surface area contributed by atoms with Crippen LogP contribution in [-0.4, -0.2) is 118 Å². The molecular weight excluding hydrogens is 781 g/mol. The predicted octanol–water partition coefficient (Wildman–Crippen LogP) is 2.99. The average molecular weight is 825 g/mol. The van der Waals surface area contributed by atoms with Gasteiger partial charge in [-0.05, 0) is 25.3 Å². The molecule has 1 saturated heterocycles. The highest BCUT2D eigenvalue weighted by atomic mass is 32.2. The number of amides is 1. The van der Waals surface area contributed by atoms with Crippen molar-refractivity contribution in [3.05, 3.63) is 34.4 Å². The van der Waals surface area contributed by atoms with Crippen LogP contribution >= 0.6 is 35.2 Å². The van der Waals surface area contributed by atoms with Crippen LogP contribution in [0.25, 0.3) is 0 Å². The number of aliphatic hydroxyl groups is 1. The van der Waals surface area contributed by atoms with Gasteiger partial charge in [0, 0.05) is 37.3 Å². The molecule has 0 aliphatic carbocycles. The van der Waals surface area contributed by atoms with Crippen molar-refractivity contribution < 1.29 is 84.7 Å². The number of hydrogen-bond acceptors (Lipinski definition) is 17. The van der Waals surface area contributed by atoms with Crippen LogP contribution in [0.5, 0.6) is 5.75 Å². The summed E-state index contributed by atoms with van der Waals surface area (Å²) in [6, 6.07) is 5.50. The van der Waals surface area contributed by atoms with Crippen molar-refractivity contribution in [2.75, 3.05) is 65.1 Å². The summed E-state index contributed by atoms with van der Waals surface area (Å²) in [4.78, 5) is 78.0. The third kappa shape index (κ3) is 17.8. The maximum atomic E-state index is 12.7. The van der Waals surface area contributed by atoms with E-state index in [2.05, 4.69) is 18.1 Å². The lowest BCUT2D eigenvalue weighted by Gasteiger charge is -2.17. The number of hydrogen-bond donors (Lipinski definition) is 4. The van der Waals surface area contributed by atoms with Crippen molar-refractivity contribution in [3.63, 3.8) is 0 Å². The molecule has 1 fully saturated rings. The van der Waals surface area contributed by atoms with E-state index in [1.807, 2.05) is 0 Å². The molecule has 5 atom stereocenters. The van der Waals surface area contributed by atoms with Gasteiger partial charge in [0.2, 0.25) is 11.7 Å². The van der Waals surface area contributed by atoms with Crippen molar-refractivity contribution in [2.24, 2.45) is 5.92 Å². The van der Waals surface area contributed by atoms with E-state index in [1.165, 1.54) is 29.2 Å².